The molecule has 2 N–H and O–H groups in total. The van der Waals surface area contributed by atoms with Crippen molar-refractivity contribution in [3.8, 4) is 0 Å². The third-order valence-corrected chi connectivity index (χ3v) is 8.88. The van der Waals surface area contributed by atoms with E-state index >= 15 is 0 Å². The summed E-state index contributed by atoms with van der Waals surface area (Å²) in [5.74, 6) is 0.394. The van der Waals surface area contributed by atoms with Crippen molar-refractivity contribution < 1.29 is 9.60 Å². The fourth-order valence-electron chi connectivity index (χ4n) is 5.34. The van der Waals surface area contributed by atoms with Crippen molar-refractivity contribution >= 4 is 40.8 Å². The summed E-state index contributed by atoms with van der Waals surface area (Å²) in [6.45, 7) is -4.72. The van der Waals surface area contributed by atoms with Crippen molar-refractivity contribution in [1.82, 2.24) is 24.3 Å². The van der Waals surface area contributed by atoms with E-state index in [2.05, 4.69) is 25.9 Å². The normalized spacial score (nSPS) is 22.1. The molecule has 1 spiro atoms. The van der Waals surface area contributed by atoms with Crippen molar-refractivity contribution in [2.45, 2.75) is 41.9 Å². The Morgan fingerprint density at radius 2 is 2.03 bits per heavy atom. The van der Waals surface area contributed by atoms with Gasteiger partial charge in [-0.15, -0.1) is 0 Å². The Morgan fingerprint density at radius 3 is 2.81 bits per heavy atom. The summed E-state index contributed by atoms with van der Waals surface area (Å²) in [4.78, 5) is 21.4. The molecule has 0 unspecified atom stereocenters. The van der Waals surface area contributed by atoms with Crippen LogP contribution in [0.5, 0.6) is 0 Å². The van der Waals surface area contributed by atoms with Crippen molar-refractivity contribution in [2.75, 3.05) is 36.9 Å². The standard InChI is InChI=1S/C26H29ClN8S/c1-16-21(36-19-6-10-30-23(20(19)27)33(2)3)24-31-11-14-35(24)25(32-16)34-12-7-26(8-13-34)15-18-17(22(26)28)5-4-9-29-18/h4-6,9-11,14,22H,7-8,12-13,15,28H2,1-3H3/t22-/m1/s1/i1D3,2D2,3D2. The van der Waals surface area contributed by atoms with Gasteiger partial charge < -0.3 is 15.5 Å². The molecule has 8 nitrogen and oxygen atoms in total. The van der Waals surface area contributed by atoms with Gasteiger partial charge in [0.05, 0.1) is 15.6 Å². The fraction of sp³-hybridized carbons (Fsp3) is 0.385. The van der Waals surface area contributed by atoms with Crippen LogP contribution < -0.4 is 15.5 Å². The molecule has 0 radical (unpaired) electrons. The Bertz CT molecular complexity index is 1650. The van der Waals surface area contributed by atoms with E-state index in [1.165, 1.54) is 6.20 Å². The summed E-state index contributed by atoms with van der Waals surface area (Å²) in [7, 11) is 0. The summed E-state index contributed by atoms with van der Waals surface area (Å²) in [6, 6.07) is 5.43. The molecule has 1 aliphatic heterocycles. The first kappa shape index (κ1) is 16.8. The number of nitrogens with zero attached hydrogens (tertiary/aromatic N) is 7. The van der Waals surface area contributed by atoms with Gasteiger partial charge in [0.25, 0.3) is 0 Å². The van der Waals surface area contributed by atoms with Gasteiger partial charge >= 0.3 is 0 Å². The van der Waals surface area contributed by atoms with Gasteiger partial charge in [-0.25, -0.2) is 15.0 Å². The van der Waals surface area contributed by atoms with Gasteiger partial charge in [-0.2, -0.15) is 0 Å². The molecule has 0 amide bonds. The number of fused-ring (bicyclic) bond motifs is 2. The molecular formula is C26H29ClN8S. The molecule has 186 valence electrons. The van der Waals surface area contributed by atoms with Gasteiger partial charge in [0.1, 0.15) is 5.82 Å². The second-order valence-corrected chi connectivity index (χ2v) is 10.6. The first-order chi connectivity index (χ1) is 20.4. The number of nitrogens with two attached hydrogens (primary N) is 1. The number of aromatic nitrogens is 5. The van der Waals surface area contributed by atoms with Crippen LogP contribution in [0.25, 0.3) is 5.65 Å². The molecule has 0 bridgehead atoms. The summed E-state index contributed by atoms with van der Waals surface area (Å²) in [6.07, 6.45) is 8.93. The van der Waals surface area contributed by atoms with Gasteiger partial charge in [-0.1, -0.05) is 29.4 Å². The number of pyridine rings is 2. The predicted octanol–water partition coefficient (Wildman–Crippen LogP) is 4.54. The minimum atomic E-state index is -2.59. The highest BCUT2D eigenvalue weighted by Gasteiger charge is 2.46. The molecule has 1 fully saturated rings. The van der Waals surface area contributed by atoms with Crippen molar-refractivity contribution in [3.05, 3.63) is 65.0 Å². The van der Waals surface area contributed by atoms with Crippen LogP contribution in [0, 0.1) is 12.3 Å². The van der Waals surface area contributed by atoms with E-state index in [1.54, 1.807) is 29.1 Å². The number of aryl methyl sites for hydroxylation is 1. The Kier molecular flexibility index (Phi) is 4.15. The molecule has 1 saturated heterocycles. The van der Waals surface area contributed by atoms with Crippen molar-refractivity contribution in [3.63, 3.8) is 0 Å². The van der Waals surface area contributed by atoms with E-state index < -0.39 is 20.9 Å². The molecule has 1 aliphatic carbocycles. The number of imidazole rings is 1. The van der Waals surface area contributed by atoms with E-state index in [1.807, 2.05) is 6.07 Å². The van der Waals surface area contributed by atoms with Crippen LogP contribution in [0.15, 0.2) is 52.8 Å². The summed E-state index contributed by atoms with van der Waals surface area (Å²) < 4.78 is 57.8. The maximum atomic E-state index is 8.35. The van der Waals surface area contributed by atoms with E-state index in [0.717, 1.165) is 47.2 Å². The maximum absolute atomic E-state index is 8.35. The van der Waals surface area contributed by atoms with Gasteiger partial charge in [0.15, 0.2) is 5.65 Å². The second-order valence-electron chi connectivity index (χ2n) is 9.21. The Morgan fingerprint density at radius 1 is 1.17 bits per heavy atom. The maximum Gasteiger partial charge on any atom is 0.211 e. The minimum Gasteiger partial charge on any atom is -0.361 e. The molecular weight excluding hydrogens is 492 g/mol. The quantitative estimate of drug-likeness (QED) is 0.414. The van der Waals surface area contributed by atoms with Crippen LogP contribution in [0.1, 0.15) is 45.4 Å². The first-order valence-electron chi connectivity index (χ1n) is 15.3. The molecule has 0 saturated carbocycles. The van der Waals surface area contributed by atoms with Gasteiger partial charge in [-0.05, 0) is 49.2 Å². The molecule has 36 heavy (non-hydrogen) atoms. The second kappa shape index (κ2) is 8.90. The largest absolute Gasteiger partial charge is 0.361 e. The number of anilines is 2. The summed E-state index contributed by atoms with van der Waals surface area (Å²) >= 11 is 7.65. The minimum absolute atomic E-state index is 0.00325. The first-order valence-corrected chi connectivity index (χ1v) is 12.7. The lowest BCUT2D eigenvalue weighted by Crippen LogP contribution is -2.45. The van der Waals surface area contributed by atoms with Gasteiger partial charge in [0, 0.05) is 78.1 Å². The molecule has 4 aromatic rings. The molecule has 1 atom stereocenters. The zero-order valence-corrected chi connectivity index (χ0v) is 20.9. The lowest BCUT2D eigenvalue weighted by molar-refractivity contribution is 0.186. The lowest BCUT2D eigenvalue weighted by atomic mass is 9.73. The van der Waals surface area contributed by atoms with Crippen molar-refractivity contribution in [1.29, 1.82) is 0 Å². The molecule has 5 heterocycles. The number of rotatable bonds is 4. The average Bonchev–Trinajstić information content (AvgIpc) is 3.54. The average molecular weight is 528 g/mol. The molecule has 6 rings (SSSR count). The zero-order chi connectivity index (χ0) is 30.7. The van der Waals surface area contributed by atoms with Gasteiger partial charge in [0.2, 0.25) is 5.95 Å². The summed E-state index contributed by atoms with van der Waals surface area (Å²) in [5, 5.41) is -0.00325. The fourth-order valence-corrected chi connectivity index (χ4v) is 6.58. The van der Waals surface area contributed by atoms with Crippen molar-refractivity contribution in [2.24, 2.45) is 11.1 Å². The van der Waals surface area contributed by atoms with Crippen LogP contribution in [0.3, 0.4) is 0 Å². The molecule has 10 heteroatoms. The number of hydrogen-bond donors (Lipinski definition) is 1. The molecule has 4 aromatic heterocycles. The highest BCUT2D eigenvalue weighted by molar-refractivity contribution is 7.99. The van der Waals surface area contributed by atoms with Gasteiger partial charge in [-0.3, -0.25) is 9.38 Å². The smallest absolute Gasteiger partial charge is 0.211 e. The Labute approximate surface area is 229 Å². The SMILES string of the molecule is [2H]C([2H])N(c1nccc(Sc2c(C([2H])([2H])[2H])nc(N3CCC4(CC3)Cc3ncccc3[C@H]4N)n3ccnc23)c1Cl)C([2H])[2H]. The topological polar surface area (TPSA) is 88.5 Å². The molecule has 2 aliphatic rings. The Balaban J connectivity index is 1.35. The monoisotopic (exact) mass is 527 g/mol. The zero-order valence-electron chi connectivity index (χ0n) is 26.3. The Hall–Kier alpha value is -2.88. The van der Waals surface area contributed by atoms with E-state index in [0.29, 0.717) is 29.6 Å². The van der Waals surface area contributed by atoms with E-state index in [4.69, 9.17) is 31.9 Å². The highest BCUT2D eigenvalue weighted by atomic mass is 35.5. The number of hydrogen-bond acceptors (Lipinski definition) is 8. The predicted molar refractivity (Wildman–Crippen MR) is 144 cm³/mol. The summed E-state index contributed by atoms with van der Waals surface area (Å²) in [5.41, 5.74) is 9.03. The highest BCUT2D eigenvalue weighted by Crippen LogP contribution is 2.50. The van der Waals surface area contributed by atoms with E-state index in [-0.39, 0.29) is 32.9 Å². The van der Waals surface area contributed by atoms with Crippen LogP contribution in [-0.4, -0.2) is 51.4 Å². The molecule has 0 aromatic carbocycles. The number of halogens is 1. The van der Waals surface area contributed by atoms with E-state index in [9.17, 15) is 0 Å². The van der Waals surface area contributed by atoms with Crippen LogP contribution in [0.4, 0.5) is 11.8 Å². The number of piperidine rings is 1. The van der Waals surface area contributed by atoms with Crippen LogP contribution >= 0.6 is 23.4 Å². The lowest BCUT2D eigenvalue weighted by Gasteiger charge is -2.42. The third kappa shape index (κ3) is 3.72. The van der Waals surface area contributed by atoms with Crippen LogP contribution in [0.2, 0.25) is 5.02 Å². The third-order valence-electron chi connectivity index (χ3n) is 7.26. The van der Waals surface area contributed by atoms with Crippen LogP contribution in [-0.2, 0) is 6.42 Å².